The number of rotatable bonds is 2. The van der Waals surface area contributed by atoms with E-state index >= 15 is 0 Å². The summed E-state index contributed by atoms with van der Waals surface area (Å²) < 4.78 is 25.4. The summed E-state index contributed by atoms with van der Waals surface area (Å²) in [6.07, 6.45) is 0. The van der Waals surface area contributed by atoms with Crippen LogP contribution < -0.4 is 4.74 Å². The molecule has 0 radical (unpaired) electrons. The van der Waals surface area contributed by atoms with Crippen LogP contribution in [0.5, 0.6) is 11.5 Å². The standard InChI is InChI=1S/C8H8O5S/c1-13-7-4-5(2-3-6(7)9)8(10)14(11)12/h2-4,9H,1H3,(H,11,12)/p-1. The average molecular weight is 215 g/mol. The highest BCUT2D eigenvalue weighted by Crippen LogP contribution is 2.26. The van der Waals surface area contributed by atoms with Crippen LogP contribution in [0.15, 0.2) is 18.2 Å². The largest absolute Gasteiger partial charge is 0.766 e. The Morgan fingerprint density at radius 1 is 1.57 bits per heavy atom. The maximum absolute atomic E-state index is 11.0. The number of aromatic hydroxyl groups is 1. The van der Waals surface area contributed by atoms with Crippen molar-refractivity contribution in [2.24, 2.45) is 0 Å². The van der Waals surface area contributed by atoms with E-state index in [1.165, 1.54) is 19.2 Å². The summed E-state index contributed by atoms with van der Waals surface area (Å²) in [5.74, 6) is -0.0953. The Morgan fingerprint density at radius 2 is 2.21 bits per heavy atom. The molecule has 0 bridgehead atoms. The highest BCUT2D eigenvalue weighted by Gasteiger charge is 2.09. The highest BCUT2D eigenvalue weighted by atomic mass is 32.2. The number of hydrogen-bond acceptors (Lipinski definition) is 5. The lowest BCUT2D eigenvalue weighted by Crippen LogP contribution is -2.06. The molecule has 0 spiro atoms. The maximum atomic E-state index is 11.0. The SMILES string of the molecule is COc1cc(C(=O)S(=O)[O-])ccc1O. The Kier molecular flexibility index (Phi) is 3.21. The number of ether oxygens (including phenoxy) is 1. The van der Waals surface area contributed by atoms with E-state index < -0.39 is 16.2 Å². The van der Waals surface area contributed by atoms with Gasteiger partial charge in [-0.15, -0.1) is 0 Å². The lowest BCUT2D eigenvalue weighted by atomic mass is 10.2. The molecule has 1 atom stereocenters. The summed E-state index contributed by atoms with van der Waals surface area (Å²) in [6.45, 7) is 0. The monoisotopic (exact) mass is 215 g/mol. The van der Waals surface area contributed by atoms with E-state index in [1.54, 1.807) is 0 Å². The first-order valence-electron chi connectivity index (χ1n) is 3.57. The van der Waals surface area contributed by atoms with Crippen LogP contribution in [0.25, 0.3) is 0 Å². The van der Waals surface area contributed by atoms with Crippen molar-refractivity contribution in [3.05, 3.63) is 23.8 Å². The lowest BCUT2D eigenvalue weighted by molar-refractivity contribution is 0.107. The summed E-state index contributed by atoms with van der Waals surface area (Å²) in [5, 5.41) is 8.13. The molecule has 0 saturated heterocycles. The van der Waals surface area contributed by atoms with Crippen molar-refractivity contribution < 1.29 is 23.4 Å². The molecular formula is C8H7O5S-. The van der Waals surface area contributed by atoms with Gasteiger partial charge in [-0.25, -0.2) is 0 Å². The van der Waals surface area contributed by atoms with Crippen LogP contribution in [-0.4, -0.2) is 26.1 Å². The van der Waals surface area contributed by atoms with E-state index in [-0.39, 0.29) is 17.1 Å². The number of methoxy groups -OCH3 is 1. The number of phenols is 1. The minimum atomic E-state index is -2.80. The second-order valence-electron chi connectivity index (χ2n) is 2.41. The Morgan fingerprint density at radius 3 is 2.71 bits per heavy atom. The van der Waals surface area contributed by atoms with E-state index in [0.717, 1.165) is 6.07 Å². The summed E-state index contributed by atoms with van der Waals surface area (Å²) in [7, 11) is 1.30. The Labute approximate surface area is 82.6 Å². The van der Waals surface area contributed by atoms with Gasteiger partial charge in [0.15, 0.2) is 11.5 Å². The molecule has 6 heteroatoms. The van der Waals surface area contributed by atoms with Gasteiger partial charge in [0.25, 0.3) is 0 Å². The molecule has 1 rings (SSSR count). The topological polar surface area (TPSA) is 86.7 Å². The van der Waals surface area contributed by atoms with Crippen molar-refractivity contribution in [3.63, 3.8) is 0 Å². The predicted octanol–water partition coefficient (Wildman–Crippen LogP) is 0.420. The molecule has 5 nitrogen and oxygen atoms in total. The van der Waals surface area contributed by atoms with Crippen molar-refractivity contribution in [2.45, 2.75) is 0 Å². The number of carbonyl (C=O) groups is 1. The van der Waals surface area contributed by atoms with E-state index in [2.05, 4.69) is 0 Å². The molecule has 0 aliphatic rings. The molecule has 0 aromatic heterocycles. The fourth-order valence-corrected chi connectivity index (χ4v) is 1.22. The fourth-order valence-electron chi connectivity index (χ4n) is 0.901. The Bertz CT molecular complexity index is 387. The zero-order valence-corrected chi connectivity index (χ0v) is 8.04. The molecule has 0 saturated carbocycles. The minimum Gasteiger partial charge on any atom is -0.766 e. The van der Waals surface area contributed by atoms with E-state index in [4.69, 9.17) is 9.84 Å². The first kappa shape index (κ1) is 10.7. The van der Waals surface area contributed by atoms with Gasteiger partial charge in [-0.3, -0.25) is 9.00 Å². The lowest BCUT2D eigenvalue weighted by Gasteiger charge is -2.06. The molecule has 1 unspecified atom stereocenters. The third-order valence-electron chi connectivity index (χ3n) is 1.57. The minimum absolute atomic E-state index is 0.0482. The van der Waals surface area contributed by atoms with Crippen LogP contribution >= 0.6 is 0 Å². The molecule has 1 aromatic carbocycles. The summed E-state index contributed by atoms with van der Waals surface area (Å²) >= 11 is -2.80. The molecule has 14 heavy (non-hydrogen) atoms. The molecule has 0 heterocycles. The zero-order chi connectivity index (χ0) is 10.7. The Balaban J connectivity index is 3.12. The number of carbonyl (C=O) groups excluding carboxylic acids is 1. The Hall–Kier alpha value is -1.40. The third-order valence-corrected chi connectivity index (χ3v) is 2.11. The molecule has 0 amide bonds. The van der Waals surface area contributed by atoms with Gasteiger partial charge < -0.3 is 14.4 Å². The maximum Gasteiger partial charge on any atom is 0.236 e. The zero-order valence-electron chi connectivity index (χ0n) is 7.22. The van der Waals surface area contributed by atoms with Gasteiger partial charge in [0.2, 0.25) is 5.12 Å². The van der Waals surface area contributed by atoms with Gasteiger partial charge >= 0.3 is 0 Å². The van der Waals surface area contributed by atoms with Gasteiger partial charge in [0.1, 0.15) is 0 Å². The van der Waals surface area contributed by atoms with Crippen molar-refractivity contribution >= 4 is 16.2 Å². The number of hydrogen-bond donors (Lipinski definition) is 1. The van der Waals surface area contributed by atoms with Crippen molar-refractivity contribution in [2.75, 3.05) is 7.11 Å². The van der Waals surface area contributed by atoms with Crippen LogP contribution in [-0.2, 0) is 11.1 Å². The average Bonchev–Trinajstić information content (AvgIpc) is 2.17. The second-order valence-corrected chi connectivity index (χ2v) is 3.25. The smallest absolute Gasteiger partial charge is 0.236 e. The molecule has 0 fully saturated rings. The second kappa shape index (κ2) is 4.21. The van der Waals surface area contributed by atoms with Crippen LogP contribution in [0.1, 0.15) is 10.4 Å². The van der Waals surface area contributed by atoms with Crippen molar-refractivity contribution in [1.82, 2.24) is 0 Å². The van der Waals surface area contributed by atoms with Crippen molar-refractivity contribution in [3.8, 4) is 11.5 Å². The normalized spacial score (nSPS) is 12.1. The fraction of sp³-hybridized carbons (Fsp3) is 0.125. The van der Waals surface area contributed by atoms with E-state index in [1.807, 2.05) is 0 Å². The van der Waals surface area contributed by atoms with Gasteiger partial charge in [0.05, 0.1) is 7.11 Å². The van der Waals surface area contributed by atoms with Crippen molar-refractivity contribution in [1.29, 1.82) is 0 Å². The predicted molar refractivity (Wildman–Crippen MR) is 47.9 cm³/mol. The number of phenolic OH excluding ortho intramolecular Hbond substituents is 1. The van der Waals surface area contributed by atoms with Gasteiger partial charge in [-0.2, -0.15) is 0 Å². The first-order valence-corrected chi connectivity index (χ1v) is 4.64. The molecule has 1 aromatic rings. The third kappa shape index (κ3) is 2.09. The highest BCUT2D eigenvalue weighted by molar-refractivity contribution is 7.95. The molecule has 0 aliphatic carbocycles. The molecule has 76 valence electrons. The van der Waals surface area contributed by atoms with Crippen LogP contribution in [0.3, 0.4) is 0 Å². The first-order chi connectivity index (χ1) is 6.56. The van der Waals surface area contributed by atoms with Crippen LogP contribution in [0.4, 0.5) is 0 Å². The number of benzene rings is 1. The molecular weight excluding hydrogens is 208 g/mol. The summed E-state index contributed by atoms with van der Waals surface area (Å²) in [5.41, 5.74) is -0.0482. The van der Waals surface area contributed by atoms with Gasteiger partial charge in [-0.1, -0.05) is 0 Å². The molecule has 1 N–H and O–H groups in total. The molecule has 0 aliphatic heterocycles. The van der Waals surface area contributed by atoms with E-state index in [9.17, 15) is 13.6 Å². The quantitative estimate of drug-likeness (QED) is 0.722. The summed E-state index contributed by atoms with van der Waals surface area (Å²) in [6, 6.07) is 3.56. The van der Waals surface area contributed by atoms with Gasteiger partial charge in [0, 0.05) is 16.6 Å². The van der Waals surface area contributed by atoms with Crippen LogP contribution in [0, 0.1) is 0 Å². The summed E-state index contributed by atoms with van der Waals surface area (Å²) in [4.78, 5) is 11.0. The van der Waals surface area contributed by atoms with Crippen LogP contribution in [0.2, 0.25) is 0 Å². The van der Waals surface area contributed by atoms with E-state index in [0.29, 0.717) is 0 Å². The van der Waals surface area contributed by atoms with Gasteiger partial charge in [-0.05, 0) is 18.2 Å².